The first-order valence-corrected chi connectivity index (χ1v) is 10.6. The molecule has 174 valence electrons. The smallest absolute Gasteiger partial charge is 0.253 e. The van der Waals surface area contributed by atoms with Crippen molar-refractivity contribution in [1.29, 1.82) is 0 Å². The molecule has 3 rings (SSSR count). The van der Waals surface area contributed by atoms with Crippen LogP contribution in [-0.4, -0.2) is 77.1 Å². The average Bonchev–Trinajstić information content (AvgIpc) is 3.21. The quantitative estimate of drug-likeness (QED) is 0.336. The number of halogens is 1. The second kappa shape index (κ2) is 11.8. The molecule has 0 unspecified atom stereocenters. The Kier molecular flexibility index (Phi) is 9.48. The molecule has 1 N–H and O–H groups in total. The third-order valence-corrected chi connectivity index (χ3v) is 5.44. The molecule has 2 amide bonds. The number of guanidine groups is 1. The lowest BCUT2D eigenvalue weighted by atomic mass is 10.1. The minimum Gasteiger partial charge on any atom is -0.352 e. The molecule has 32 heavy (non-hydrogen) atoms. The van der Waals surface area contributed by atoms with Crippen LogP contribution in [0.25, 0.3) is 0 Å². The van der Waals surface area contributed by atoms with Gasteiger partial charge in [-0.25, -0.2) is 0 Å². The first-order valence-electron chi connectivity index (χ1n) is 10.6. The Hall–Kier alpha value is -2.63. The number of nitrogens with one attached hydrogen (secondary N) is 1. The van der Waals surface area contributed by atoms with Crippen molar-refractivity contribution in [3.05, 3.63) is 47.8 Å². The highest BCUT2D eigenvalue weighted by molar-refractivity contribution is 14.0. The summed E-state index contributed by atoms with van der Waals surface area (Å²) in [6.07, 6.45) is 3.55. The number of amides is 2. The molecular formula is C22H32IN7O2. The van der Waals surface area contributed by atoms with Crippen LogP contribution in [-0.2, 0) is 18.4 Å². The first-order chi connectivity index (χ1) is 15.0. The van der Waals surface area contributed by atoms with E-state index in [9.17, 15) is 9.59 Å². The number of aryl methyl sites for hydroxylation is 1. The van der Waals surface area contributed by atoms with Crippen LogP contribution in [0.2, 0.25) is 0 Å². The Morgan fingerprint density at radius 1 is 1.19 bits per heavy atom. The number of piperazine rings is 1. The zero-order valence-electron chi connectivity index (χ0n) is 19.1. The number of anilines is 1. The molecule has 0 atom stereocenters. The van der Waals surface area contributed by atoms with Gasteiger partial charge in [-0.3, -0.25) is 19.3 Å². The zero-order chi connectivity index (χ0) is 22.4. The molecule has 1 aliphatic heterocycles. The van der Waals surface area contributed by atoms with Crippen LogP contribution in [0.15, 0.2) is 41.7 Å². The van der Waals surface area contributed by atoms with Crippen LogP contribution < -0.4 is 10.2 Å². The highest BCUT2D eigenvalue weighted by Crippen LogP contribution is 2.16. The lowest BCUT2D eigenvalue weighted by Crippen LogP contribution is -2.55. The largest absolute Gasteiger partial charge is 0.352 e. The van der Waals surface area contributed by atoms with Crippen LogP contribution in [0.3, 0.4) is 0 Å². The normalized spacial score (nSPS) is 14.2. The fourth-order valence-electron chi connectivity index (χ4n) is 3.65. The summed E-state index contributed by atoms with van der Waals surface area (Å²) in [5, 5.41) is 7.47. The van der Waals surface area contributed by atoms with Gasteiger partial charge in [0.1, 0.15) is 6.54 Å². The van der Waals surface area contributed by atoms with Gasteiger partial charge in [0, 0.05) is 58.6 Å². The van der Waals surface area contributed by atoms with Crippen molar-refractivity contribution in [3.63, 3.8) is 0 Å². The van der Waals surface area contributed by atoms with Crippen LogP contribution >= 0.6 is 24.0 Å². The van der Waals surface area contributed by atoms with E-state index in [4.69, 9.17) is 0 Å². The Morgan fingerprint density at radius 3 is 2.41 bits per heavy atom. The highest BCUT2D eigenvalue weighted by Gasteiger charge is 2.27. The zero-order valence-corrected chi connectivity index (χ0v) is 21.4. The molecule has 1 aliphatic rings. The predicted octanol–water partition coefficient (Wildman–Crippen LogP) is 1.94. The first kappa shape index (κ1) is 25.6. The fourth-order valence-corrected chi connectivity index (χ4v) is 3.65. The summed E-state index contributed by atoms with van der Waals surface area (Å²) in [5.74, 6) is 0.745. The molecule has 0 aliphatic carbocycles. The van der Waals surface area contributed by atoms with E-state index in [1.165, 1.54) is 0 Å². The number of rotatable bonds is 6. The van der Waals surface area contributed by atoms with Gasteiger partial charge in [-0.15, -0.1) is 24.0 Å². The number of hydrogen-bond acceptors (Lipinski definition) is 4. The summed E-state index contributed by atoms with van der Waals surface area (Å²) in [6.45, 7) is 7.42. The number of aliphatic imine (C=N–C) groups is 1. The second-order valence-electron chi connectivity index (χ2n) is 7.41. The molecule has 0 radical (unpaired) electrons. The van der Waals surface area contributed by atoms with Crippen molar-refractivity contribution in [2.75, 3.05) is 44.7 Å². The lowest BCUT2D eigenvalue weighted by molar-refractivity contribution is -0.120. The maximum absolute atomic E-state index is 12.6. The molecule has 10 heteroatoms. The molecule has 1 saturated heterocycles. The van der Waals surface area contributed by atoms with E-state index in [1.807, 2.05) is 56.3 Å². The number of nitrogens with zero attached hydrogens (tertiary/aromatic N) is 6. The van der Waals surface area contributed by atoms with Crippen LogP contribution in [0.1, 0.15) is 29.8 Å². The third-order valence-electron chi connectivity index (χ3n) is 5.44. The molecule has 1 aromatic heterocycles. The van der Waals surface area contributed by atoms with Crippen LogP contribution in [0.4, 0.5) is 5.69 Å². The van der Waals surface area contributed by atoms with E-state index in [-0.39, 0.29) is 42.3 Å². The summed E-state index contributed by atoms with van der Waals surface area (Å²) in [7, 11) is 3.55. The Balaban J connectivity index is 0.00000363. The van der Waals surface area contributed by atoms with Gasteiger partial charge in [-0.2, -0.15) is 5.10 Å². The van der Waals surface area contributed by atoms with Crippen LogP contribution in [0, 0.1) is 0 Å². The summed E-state index contributed by atoms with van der Waals surface area (Å²) < 4.78 is 1.69. The number of aromatic nitrogens is 2. The van der Waals surface area contributed by atoms with Crippen molar-refractivity contribution >= 4 is 47.4 Å². The monoisotopic (exact) mass is 553 g/mol. The maximum atomic E-state index is 12.6. The van der Waals surface area contributed by atoms with Crippen LogP contribution in [0.5, 0.6) is 0 Å². The minimum absolute atomic E-state index is 0. The third kappa shape index (κ3) is 5.99. The Labute approximate surface area is 206 Å². The summed E-state index contributed by atoms with van der Waals surface area (Å²) in [6, 6.07) is 7.61. The van der Waals surface area contributed by atoms with E-state index in [1.54, 1.807) is 27.7 Å². The van der Waals surface area contributed by atoms with Gasteiger partial charge >= 0.3 is 0 Å². The van der Waals surface area contributed by atoms with Gasteiger partial charge in [-0.05, 0) is 31.5 Å². The van der Waals surface area contributed by atoms with E-state index in [0.29, 0.717) is 44.2 Å². The molecular weight excluding hydrogens is 521 g/mol. The molecule has 0 bridgehead atoms. The van der Waals surface area contributed by atoms with Crippen molar-refractivity contribution in [3.8, 4) is 0 Å². The molecule has 2 aromatic rings. The van der Waals surface area contributed by atoms with Crippen molar-refractivity contribution in [2.45, 2.75) is 20.4 Å². The van der Waals surface area contributed by atoms with Gasteiger partial charge < -0.3 is 20.0 Å². The second-order valence-corrected chi connectivity index (χ2v) is 7.41. The maximum Gasteiger partial charge on any atom is 0.253 e. The number of hydrogen-bond donors (Lipinski definition) is 1. The summed E-state index contributed by atoms with van der Waals surface area (Å²) in [5.41, 5.74) is 2.54. The molecule has 1 fully saturated rings. The fraction of sp³-hybridized carbons (Fsp3) is 0.455. The highest BCUT2D eigenvalue weighted by atomic mass is 127. The molecule has 9 nitrogen and oxygen atoms in total. The molecule has 0 saturated carbocycles. The standard InChI is InChI=1S/C22H31N7O2.HI/c1-5-27(6-2)21(31)18-9-7-17(8-10-18)13-24-22(23-3)28-11-12-29(20(30)16-28)19-14-25-26(4)15-19;/h7-10,14-15H,5-6,11-13,16H2,1-4H3,(H,23,24);1H. The lowest BCUT2D eigenvalue weighted by Gasteiger charge is -2.35. The predicted molar refractivity (Wildman–Crippen MR) is 136 cm³/mol. The topological polar surface area (TPSA) is 86.1 Å². The number of carbonyl (C=O) groups excluding carboxylic acids is 2. The molecule has 1 aromatic carbocycles. The molecule has 2 heterocycles. The minimum atomic E-state index is 0. The summed E-state index contributed by atoms with van der Waals surface area (Å²) in [4.78, 5) is 34.9. The van der Waals surface area contributed by atoms with Gasteiger partial charge in [0.2, 0.25) is 5.91 Å². The summed E-state index contributed by atoms with van der Waals surface area (Å²) >= 11 is 0. The molecule has 0 spiro atoms. The number of benzene rings is 1. The average molecular weight is 553 g/mol. The Bertz CT molecular complexity index is 938. The van der Waals surface area contributed by atoms with Gasteiger partial charge in [-0.1, -0.05) is 12.1 Å². The van der Waals surface area contributed by atoms with Gasteiger partial charge in [0.05, 0.1) is 11.9 Å². The van der Waals surface area contributed by atoms with E-state index in [2.05, 4.69) is 15.4 Å². The van der Waals surface area contributed by atoms with Crippen molar-refractivity contribution in [1.82, 2.24) is 24.9 Å². The SMILES string of the molecule is CCN(CC)C(=O)c1ccc(CNC(=NC)N2CCN(c3cnn(C)c3)C(=O)C2)cc1.I. The van der Waals surface area contributed by atoms with E-state index >= 15 is 0 Å². The van der Waals surface area contributed by atoms with E-state index < -0.39 is 0 Å². The van der Waals surface area contributed by atoms with E-state index in [0.717, 1.165) is 11.3 Å². The Morgan fingerprint density at radius 2 is 1.88 bits per heavy atom. The van der Waals surface area contributed by atoms with Crippen molar-refractivity contribution < 1.29 is 9.59 Å². The van der Waals surface area contributed by atoms with Gasteiger partial charge in [0.15, 0.2) is 5.96 Å². The van der Waals surface area contributed by atoms with Gasteiger partial charge in [0.25, 0.3) is 5.91 Å². The number of carbonyl (C=O) groups is 2. The van der Waals surface area contributed by atoms with Crippen molar-refractivity contribution in [2.24, 2.45) is 12.0 Å².